The zero-order valence-corrected chi connectivity index (χ0v) is 10.8. The average Bonchev–Trinajstić information content (AvgIpc) is 2.38. The predicted molar refractivity (Wildman–Crippen MR) is 68.5 cm³/mol. The van der Waals surface area contributed by atoms with Gasteiger partial charge in [-0.2, -0.15) is 0 Å². The second-order valence-electron chi connectivity index (χ2n) is 5.48. The molecular weight excluding hydrogens is 214 g/mol. The number of amides is 1. The van der Waals surface area contributed by atoms with Crippen molar-refractivity contribution in [2.45, 2.75) is 38.6 Å². The number of likely N-dealkylation sites (tertiary alicyclic amines) is 1. The lowest BCUT2D eigenvalue weighted by atomic mass is 9.88. The van der Waals surface area contributed by atoms with Crippen molar-refractivity contribution >= 4 is 5.91 Å². The molecule has 2 saturated heterocycles. The summed E-state index contributed by atoms with van der Waals surface area (Å²) in [6, 6.07) is 0.270. The minimum atomic E-state index is 0.232. The van der Waals surface area contributed by atoms with E-state index in [-0.39, 0.29) is 12.0 Å². The molecule has 2 heterocycles. The number of nitrogens with one attached hydrogen (secondary N) is 1. The number of nitrogens with two attached hydrogens (primary N) is 1. The van der Waals surface area contributed by atoms with Crippen LogP contribution < -0.4 is 11.1 Å². The Morgan fingerprint density at radius 1 is 1.35 bits per heavy atom. The highest BCUT2D eigenvalue weighted by atomic mass is 16.2. The van der Waals surface area contributed by atoms with Gasteiger partial charge in [0.1, 0.15) is 0 Å². The smallest absolute Gasteiger partial charge is 0.226 e. The SMILES string of the molecule is C[C@@H]1CCCN(C(=O)C2CCNCC2)[C@H]1CN. The van der Waals surface area contributed by atoms with Crippen LogP contribution >= 0.6 is 0 Å². The van der Waals surface area contributed by atoms with Gasteiger partial charge >= 0.3 is 0 Å². The monoisotopic (exact) mass is 239 g/mol. The van der Waals surface area contributed by atoms with E-state index in [9.17, 15) is 4.79 Å². The maximum Gasteiger partial charge on any atom is 0.226 e. The molecule has 0 radical (unpaired) electrons. The van der Waals surface area contributed by atoms with Gasteiger partial charge in [0, 0.05) is 25.0 Å². The quantitative estimate of drug-likeness (QED) is 0.741. The third-order valence-electron chi connectivity index (χ3n) is 4.33. The topological polar surface area (TPSA) is 58.4 Å². The van der Waals surface area contributed by atoms with Crippen molar-refractivity contribution in [1.29, 1.82) is 0 Å². The van der Waals surface area contributed by atoms with Crippen LogP contribution in [-0.4, -0.2) is 43.0 Å². The standard InChI is InChI=1S/C13H25N3O/c1-10-3-2-8-16(12(10)9-14)13(17)11-4-6-15-7-5-11/h10-12,15H,2-9,14H2,1H3/t10-,12+/m1/s1. The van der Waals surface area contributed by atoms with E-state index < -0.39 is 0 Å². The molecule has 0 aromatic carbocycles. The van der Waals surface area contributed by atoms with E-state index in [1.165, 1.54) is 6.42 Å². The van der Waals surface area contributed by atoms with Crippen LogP contribution in [0.25, 0.3) is 0 Å². The number of carbonyl (C=O) groups excluding carboxylic acids is 1. The Bertz CT molecular complexity index is 263. The minimum Gasteiger partial charge on any atom is -0.338 e. The molecule has 2 aliphatic rings. The lowest BCUT2D eigenvalue weighted by molar-refractivity contribution is -0.141. The van der Waals surface area contributed by atoms with Crippen molar-refractivity contribution in [2.24, 2.45) is 17.6 Å². The summed E-state index contributed by atoms with van der Waals surface area (Å²) in [5.74, 6) is 1.14. The van der Waals surface area contributed by atoms with E-state index in [1.807, 2.05) is 0 Å². The Labute approximate surface area is 104 Å². The molecule has 0 spiro atoms. The summed E-state index contributed by atoms with van der Waals surface area (Å²) >= 11 is 0. The van der Waals surface area contributed by atoms with E-state index in [0.29, 0.717) is 18.4 Å². The van der Waals surface area contributed by atoms with E-state index in [0.717, 1.165) is 38.9 Å². The molecule has 0 aromatic rings. The maximum absolute atomic E-state index is 12.5. The Morgan fingerprint density at radius 2 is 2.06 bits per heavy atom. The van der Waals surface area contributed by atoms with Gasteiger partial charge in [-0.25, -0.2) is 0 Å². The van der Waals surface area contributed by atoms with Crippen molar-refractivity contribution in [3.05, 3.63) is 0 Å². The molecule has 0 aliphatic carbocycles. The number of hydrogen-bond donors (Lipinski definition) is 2. The fourth-order valence-electron chi connectivity index (χ4n) is 3.19. The van der Waals surface area contributed by atoms with Gasteiger partial charge in [-0.05, 0) is 44.7 Å². The Morgan fingerprint density at radius 3 is 2.71 bits per heavy atom. The first-order valence-electron chi connectivity index (χ1n) is 6.95. The largest absolute Gasteiger partial charge is 0.338 e. The molecule has 0 unspecified atom stereocenters. The lowest BCUT2D eigenvalue weighted by Crippen LogP contribution is -2.54. The summed E-state index contributed by atoms with van der Waals surface area (Å²) in [7, 11) is 0. The maximum atomic E-state index is 12.5. The zero-order chi connectivity index (χ0) is 12.3. The van der Waals surface area contributed by atoms with E-state index in [2.05, 4.69) is 17.1 Å². The van der Waals surface area contributed by atoms with Crippen LogP contribution in [0.4, 0.5) is 0 Å². The number of piperidine rings is 2. The normalized spacial score (nSPS) is 31.5. The second-order valence-corrected chi connectivity index (χ2v) is 5.48. The van der Waals surface area contributed by atoms with E-state index >= 15 is 0 Å². The lowest BCUT2D eigenvalue weighted by Gasteiger charge is -2.41. The number of nitrogens with zero attached hydrogens (tertiary/aromatic N) is 1. The highest BCUT2D eigenvalue weighted by Crippen LogP contribution is 2.26. The van der Waals surface area contributed by atoms with Gasteiger partial charge in [0.15, 0.2) is 0 Å². The molecule has 98 valence electrons. The Balaban J connectivity index is 2.00. The summed E-state index contributed by atoms with van der Waals surface area (Å²) in [6.07, 6.45) is 4.31. The van der Waals surface area contributed by atoms with Crippen LogP contribution in [0.15, 0.2) is 0 Å². The van der Waals surface area contributed by atoms with Crippen LogP contribution in [0.5, 0.6) is 0 Å². The third-order valence-corrected chi connectivity index (χ3v) is 4.33. The average molecular weight is 239 g/mol. The number of hydrogen-bond acceptors (Lipinski definition) is 3. The summed E-state index contributed by atoms with van der Waals surface area (Å²) in [6.45, 7) is 5.70. The van der Waals surface area contributed by atoms with Crippen molar-refractivity contribution in [1.82, 2.24) is 10.2 Å². The van der Waals surface area contributed by atoms with Crippen LogP contribution in [0.2, 0.25) is 0 Å². The fourth-order valence-corrected chi connectivity index (χ4v) is 3.19. The highest BCUT2D eigenvalue weighted by Gasteiger charge is 2.34. The van der Waals surface area contributed by atoms with E-state index in [4.69, 9.17) is 5.73 Å². The fraction of sp³-hybridized carbons (Fsp3) is 0.923. The molecule has 2 rings (SSSR count). The summed E-state index contributed by atoms with van der Waals surface area (Å²) in [4.78, 5) is 14.6. The molecule has 4 nitrogen and oxygen atoms in total. The number of rotatable bonds is 2. The predicted octanol–water partition coefficient (Wildman–Crippen LogP) is 0.572. The molecule has 4 heteroatoms. The van der Waals surface area contributed by atoms with Crippen LogP contribution in [0.3, 0.4) is 0 Å². The van der Waals surface area contributed by atoms with Gasteiger partial charge in [-0.3, -0.25) is 4.79 Å². The summed E-state index contributed by atoms with van der Waals surface area (Å²) < 4.78 is 0. The third kappa shape index (κ3) is 2.80. The Hall–Kier alpha value is -0.610. The molecule has 3 N–H and O–H groups in total. The summed E-state index contributed by atoms with van der Waals surface area (Å²) in [5, 5.41) is 3.31. The van der Waals surface area contributed by atoms with E-state index in [1.54, 1.807) is 0 Å². The summed E-state index contributed by atoms with van der Waals surface area (Å²) in [5.41, 5.74) is 5.85. The van der Waals surface area contributed by atoms with Crippen molar-refractivity contribution < 1.29 is 4.79 Å². The zero-order valence-electron chi connectivity index (χ0n) is 10.8. The van der Waals surface area contributed by atoms with Gasteiger partial charge in [-0.15, -0.1) is 0 Å². The van der Waals surface area contributed by atoms with Gasteiger partial charge in [0.05, 0.1) is 0 Å². The molecular formula is C13H25N3O. The molecule has 17 heavy (non-hydrogen) atoms. The van der Waals surface area contributed by atoms with Crippen LogP contribution in [-0.2, 0) is 4.79 Å². The second kappa shape index (κ2) is 5.83. The molecule has 0 bridgehead atoms. The molecule has 2 fully saturated rings. The highest BCUT2D eigenvalue weighted by molar-refractivity contribution is 5.79. The van der Waals surface area contributed by atoms with Gasteiger partial charge < -0.3 is 16.0 Å². The molecule has 0 saturated carbocycles. The van der Waals surface area contributed by atoms with Gasteiger partial charge in [0.25, 0.3) is 0 Å². The van der Waals surface area contributed by atoms with Crippen LogP contribution in [0, 0.1) is 11.8 Å². The molecule has 2 atom stereocenters. The Kier molecular flexibility index (Phi) is 4.40. The minimum absolute atomic E-state index is 0.232. The number of carbonyl (C=O) groups is 1. The van der Waals surface area contributed by atoms with Gasteiger partial charge in [-0.1, -0.05) is 6.92 Å². The van der Waals surface area contributed by atoms with Crippen molar-refractivity contribution in [3.8, 4) is 0 Å². The van der Waals surface area contributed by atoms with Gasteiger partial charge in [0.2, 0.25) is 5.91 Å². The molecule has 1 amide bonds. The molecule has 2 aliphatic heterocycles. The van der Waals surface area contributed by atoms with Crippen LogP contribution in [0.1, 0.15) is 32.6 Å². The van der Waals surface area contributed by atoms with Crippen molar-refractivity contribution in [3.63, 3.8) is 0 Å². The first-order valence-corrected chi connectivity index (χ1v) is 6.95. The first-order chi connectivity index (χ1) is 8.24. The first kappa shape index (κ1) is 12.8. The molecule has 0 aromatic heterocycles. The van der Waals surface area contributed by atoms with Crippen molar-refractivity contribution in [2.75, 3.05) is 26.2 Å².